The number of hydrogen-bond acceptors (Lipinski definition) is 2. The molecule has 2 N–H and O–H groups in total. The van der Waals surface area contributed by atoms with Crippen LogP contribution in [-0.4, -0.2) is 18.6 Å². The van der Waals surface area contributed by atoms with Gasteiger partial charge in [-0.1, -0.05) is 18.9 Å². The average Bonchev–Trinajstić information content (AvgIpc) is 2.92. The molecule has 2 fully saturated rings. The molecule has 0 spiro atoms. The summed E-state index contributed by atoms with van der Waals surface area (Å²) in [5, 5.41) is 7.53. The molecule has 110 valence electrons. The fourth-order valence-electron chi connectivity index (χ4n) is 3.71. The van der Waals surface area contributed by atoms with E-state index in [1.807, 2.05) is 0 Å². The van der Waals surface area contributed by atoms with Gasteiger partial charge in [0, 0.05) is 21.0 Å². The molecule has 0 aromatic heterocycles. The van der Waals surface area contributed by atoms with E-state index in [9.17, 15) is 0 Å². The Labute approximate surface area is 138 Å². The van der Waals surface area contributed by atoms with Crippen molar-refractivity contribution < 1.29 is 0 Å². The van der Waals surface area contributed by atoms with Crippen LogP contribution < -0.4 is 10.6 Å². The molecule has 4 heteroatoms. The summed E-state index contributed by atoms with van der Waals surface area (Å²) in [7, 11) is 0. The number of rotatable bonds is 3. The Hall–Kier alpha value is -0.0600. The highest BCUT2D eigenvalue weighted by molar-refractivity contribution is 9.11. The lowest BCUT2D eigenvalue weighted by atomic mass is 9.88. The van der Waals surface area contributed by atoms with Crippen molar-refractivity contribution >= 4 is 37.5 Å². The predicted molar refractivity (Wildman–Crippen MR) is 92.2 cm³/mol. The minimum Gasteiger partial charge on any atom is -0.380 e. The van der Waals surface area contributed by atoms with Gasteiger partial charge >= 0.3 is 0 Å². The second kappa shape index (κ2) is 6.80. The topological polar surface area (TPSA) is 24.1 Å². The second-order valence-corrected chi connectivity index (χ2v) is 7.71. The van der Waals surface area contributed by atoms with Gasteiger partial charge in [-0.25, -0.2) is 0 Å². The highest BCUT2D eigenvalue weighted by atomic mass is 79.9. The van der Waals surface area contributed by atoms with Crippen LogP contribution in [0.15, 0.2) is 27.1 Å². The zero-order valence-corrected chi connectivity index (χ0v) is 14.8. The molecule has 1 saturated heterocycles. The second-order valence-electron chi connectivity index (χ2n) is 6.00. The number of benzene rings is 1. The Bertz CT molecular complexity index is 438. The first kappa shape index (κ1) is 14.9. The average molecular weight is 402 g/mol. The van der Waals surface area contributed by atoms with Crippen molar-refractivity contribution in [2.75, 3.05) is 11.9 Å². The molecule has 1 aromatic carbocycles. The Kier molecular flexibility index (Phi) is 5.05. The quantitative estimate of drug-likeness (QED) is 0.749. The summed E-state index contributed by atoms with van der Waals surface area (Å²) < 4.78 is 2.29. The minimum absolute atomic E-state index is 0.598. The van der Waals surface area contributed by atoms with Crippen molar-refractivity contribution in [1.29, 1.82) is 0 Å². The molecule has 3 rings (SSSR count). The van der Waals surface area contributed by atoms with Crippen LogP contribution in [0, 0.1) is 5.92 Å². The Morgan fingerprint density at radius 2 is 1.80 bits per heavy atom. The van der Waals surface area contributed by atoms with Gasteiger partial charge in [0.1, 0.15) is 0 Å². The normalized spacial score (nSPS) is 30.4. The van der Waals surface area contributed by atoms with Crippen molar-refractivity contribution in [3.05, 3.63) is 27.1 Å². The maximum Gasteiger partial charge on any atom is 0.0631 e. The molecule has 1 heterocycles. The van der Waals surface area contributed by atoms with Gasteiger partial charge in [0.2, 0.25) is 0 Å². The van der Waals surface area contributed by atoms with E-state index in [4.69, 9.17) is 0 Å². The number of halogens is 2. The molecular formula is C16H22Br2N2. The monoisotopic (exact) mass is 400 g/mol. The molecule has 1 aromatic rings. The van der Waals surface area contributed by atoms with E-state index < -0.39 is 0 Å². The Balaban J connectivity index is 1.72. The third kappa shape index (κ3) is 3.23. The summed E-state index contributed by atoms with van der Waals surface area (Å²) >= 11 is 7.32. The van der Waals surface area contributed by atoms with Gasteiger partial charge in [-0.05, 0) is 82.1 Å². The number of para-hydroxylation sites is 1. The van der Waals surface area contributed by atoms with Crippen molar-refractivity contribution in [3.63, 3.8) is 0 Å². The molecule has 2 nitrogen and oxygen atoms in total. The van der Waals surface area contributed by atoms with Gasteiger partial charge in [-0.3, -0.25) is 0 Å². The number of nitrogens with one attached hydrogen (secondary N) is 2. The Morgan fingerprint density at radius 3 is 2.50 bits per heavy atom. The Morgan fingerprint density at radius 1 is 1.00 bits per heavy atom. The molecule has 3 unspecified atom stereocenters. The van der Waals surface area contributed by atoms with Gasteiger partial charge in [0.15, 0.2) is 0 Å². The van der Waals surface area contributed by atoms with Crippen molar-refractivity contribution in [3.8, 4) is 0 Å². The van der Waals surface area contributed by atoms with E-state index in [2.05, 4.69) is 60.7 Å². The van der Waals surface area contributed by atoms with Gasteiger partial charge < -0.3 is 10.6 Å². The van der Waals surface area contributed by atoms with Gasteiger partial charge in [-0.15, -0.1) is 0 Å². The highest BCUT2D eigenvalue weighted by Crippen LogP contribution is 2.37. The number of piperidine rings is 1. The predicted octanol–water partition coefficient (Wildman–Crippen LogP) is 4.93. The summed E-state index contributed by atoms with van der Waals surface area (Å²) in [6.45, 7) is 1.20. The molecule has 0 amide bonds. The lowest BCUT2D eigenvalue weighted by Crippen LogP contribution is -2.44. The van der Waals surface area contributed by atoms with E-state index in [1.54, 1.807) is 0 Å². The lowest BCUT2D eigenvalue weighted by molar-refractivity contribution is 0.286. The van der Waals surface area contributed by atoms with E-state index >= 15 is 0 Å². The van der Waals surface area contributed by atoms with E-state index in [1.165, 1.54) is 50.8 Å². The van der Waals surface area contributed by atoms with Gasteiger partial charge in [-0.2, -0.15) is 0 Å². The summed E-state index contributed by atoms with van der Waals surface area (Å²) in [6.07, 6.45) is 8.08. The van der Waals surface area contributed by atoms with E-state index in [0.29, 0.717) is 12.1 Å². The molecule has 0 radical (unpaired) electrons. The van der Waals surface area contributed by atoms with Crippen molar-refractivity contribution in [1.82, 2.24) is 5.32 Å². The SMILES string of the molecule is Brc1cccc(Br)c1NC1CCCC1C1CCCCN1. The summed E-state index contributed by atoms with van der Waals surface area (Å²) in [4.78, 5) is 0. The fourth-order valence-corrected chi connectivity index (χ4v) is 4.94. The van der Waals surface area contributed by atoms with E-state index in [0.717, 1.165) is 14.9 Å². The van der Waals surface area contributed by atoms with Gasteiger partial charge in [0.25, 0.3) is 0 Å². The first-order valence-electron chi connectivity index (χ1n) is 7.69. The summed E-state index contributed by atoms with van der Waals surface area (Å²) in [5.74, 6) is 0.773. The van der Waals surface area contributed by atoms with E-state index in [-0.39, 0.29) is 0 Å². The van der Waals surface area contributed by atoms with Crippen LogP contribution in [0.4, 0.5) is 5.69 Å². The summed E-state index contributed by atoms with van der Waals surface area (Å²) in [6, 6.07) is 7.59. The maximum absolute atomic E-state index is 3.79. The van der Waals surface area contributed by atoms with Crippen LogP contribution in [0.2, 0.25) is 0 Å². The van der Waals surface area contributed by atoms with Crippen LogP contribution in [0.5, 0.6) is 0 Å². The molecule has 1 saturated carbocycles. The smallest absolute Gasteiger partial charge is 0.0631 e. The van der Waals surface area contributed by atoms with Crippen LogP contribution in [0.25, 0.3) is 0 Å². The fraction of sp³-hybridized carbons (Fsp3) is 0.625. The zero-order valence-electron chi connectivity index (χ0n) is 11.7. The third-order valence-electron chi connectivity index (χ3n) is 4.73. The van der Waals surface area contributed by atoms with Crippen molar-refractivity contribution in [2.24, 2.45) is 5.92 Å². The van der Waals surface area contributed by atoms with Crippen LogP contribution in [0.3, 0.4) is 0 Å². The first-order valence-corrected chi connectivity index (χ1v) is 9.28. The van der Waals surface area contributed by atoms with Crippen LogP contribution >= 0.6 is 31.9 Å². The summed E-state index contributed by atoms with van der Waals surface area (Å²) in [5.41, 5.74) is 1.21. The largest absolute Gasteiger partial charge is 0.380 e. The minimum atomic E-state index is 0.598. The van der Waals surface area contributed by atoms with Gasteiger partial charge in [0.05, 0.1) is 5.69 Å². The zero-order chi connectivity index (χ0) is 13.9. The molecule has 2 aliphatic rings. The highest BCUT2D eigenvalue weighted by Gasteiger charge is 2.34. The molecule has 1 aliphatic carbocycles. The molecular weight excluding hydrogens is 380 g/mol. The van der Waals surface area contributed by atoms with Crippen LogP contribution in [0.1, 0.15) is 38.5 Å². The standard InChI is InChI=1S/C16H22Br2N2/c17-12-6-4-7-13(18)16(12)20-15-9-3-5-11(15)14-8-1-2-10-19-14/h4,6-7,11,14-15,19-20H,1-3,5,8-10H2. The first-order chi connectivity index (χ1) is 9.75. The lowest BCUT2D eigenvalue weighted by Gasteiger charge is -2.33. The maximum atomic E-state index is 3.79. The molecule has 0 bridgehead atoms. The molecule has 3 atom stereocenters. The van der Waals surface area contributed by atoms with Crippen molar-refractivity contribution in [2.45, 2.75) is 50.6 Å². The number of anilines is 1. The van der Waals surface area contributed by atoms with Crippen LogP contribution in [-0.2, 0) is 0 Å². The third-order valence-corrected chi connectivity index (χ3v) is 6.05. The molecule has 1 aliphatic heterocycles. The number of hydrogen-bond donors (Lipinski definition) is 2. The molecule has 20 heavy (non-hydrogen) atoms.